The number of nitrogens with zero attached hydrogens (tertiary/aromatic N) is 1. The predicted octanol–water partition coefficient (Wildman–Crippen LogP) is 1.53. The summed E-state index contributed by atoms with van der Waals surface area (Å²) in [5.41, 5.74) is 1.26. The van der Waals surface area contributed by atoms with Crippen LogP contribution in [0.2, 0.25) is 0 Å². The topological polar surface area (TPSA) is 52.6 Å². The van der Waals surface area contributed by atoms with E-state index < -0.39 is 18.8 Å². The lowest BCUT2D eigenvalue weighted by molar-refractivity contribution is -0.122. The maximum absolute atomic E-state index is 13.2. The van der Waals surface area contributed by atoms with Crippen molar-refractivity contribution in [2.75, 3.05) is 19.8 Å². The molecule has 5 heteroatoms. The Morgan fingerprint density at radius 2 is 2.14 bits per heavy atom. The molecule has 1 aliphatic rings. The first-order chi connectivity index (χ1) is 10.7. The first-order valence-corrected chi connectivity index (χ1v) is 7.97. The summed E-state index contributed by atoms with van der Waals surface area (Å²) in [5, 5.41) is 13.0. The average Bonchev–Trinajstić information content (AvgIpc) is 2.83. The van der Waals surface area contributed by atoms with Crippen LogP contribution in [0.4, 0.5) is 4.39 Å². The van der Waals surface area contributed by atoms with Gasteiger partial charge in [-0.3, -0.25) is 9.69 Å². The van der Waals surface area contributed by atoms with Gasteiger partial charge in [-0.25, -0.2) is 4.39 Å². The van der Waals surface area contributed by atoms with Crippen molar-refractivity contribution in [3.63, 3.8) is 0 Å². The highest BCUT2D eigenvalue weighted by atomic mass is 19.1. The summed E-state index contributed by atoms with van der Waals surface area (Å²) in [5.74, 6) is -0.104. The molecule has 1 aliphatic heterocycles. The molecule has 2 N–H and O–H groups in total. The summed E-state index contributed by atoms with van der Waals surface area (Å²) in [6, 6.07) is 9.28. The van der Waals surface area contributed by atoms with Crippen LogP contribution >= 0.6 is 0 Å². The normalized spacial score (nSPS) is 25.3. The minimum absolute atomic E-state index is 0.104. The third-order valence-corrected chi connectivity index (χ3v) is 4.29. The van der Waals surface area contributed by atoms with Crippen molar-refractivity contribution in [3.8, 4) is 0 Å². The highest BCUT2D eigenvalue weighted by Gasteiger charge is 2.40. The van der Waals surface area contributed by atoms with Crippen LogP contribution in [-0.2, 0) is 11.2 Å². The van der Waals surface area contributed by atoms with Gasteiger partial charge in [0, 0.05) is 13.0 Å². The van der Waals surface area contributed by atoms with Crippen LogP contribution in [-0.4, -0.2) is 53.9 Å². The Labute approximate surface area is 131 Å². The SMILES string of the molecule is CCC(=O)N[C@H]1CN(CCCc2ccccc2)[C@@H](CF)[C@@H]1O. The Morgan fingerprint density at radius 3 is 2.77 bits per heavy atom. The molecule has 0 aliphatic carbocycles. The summed E-state index contributed by atoms with van der Waals surface area (Å²) >= 11 is 0. The second-order valence-electron chi connectivity index (χ2n) is 5.82. The van der Waals surface area contributed by atoms with Gasteiger partial charge in [-0.05, 0) is 24.9 Å². The van der Waals surface area contributed by atoms with Crippen molar-refractivity contribution >= 4 is 5.91 Å². The number of hydrogen-bond donors (Lipinski definition) is 2. The van der Waals surface area contributed by atoms with Gasteiger partial charge < -0.3 is 10.4 Å². The number of benzene rings is 1. The maximum atomic E-state index is 13.2. The number of rotatable bonds is 7. The van der Waals surface area contributed by atoms with Crippen LogP contribution in [0.1, 0.15) is 25.3 Å². The van der Waals surface area contributed by atoms with Crippen LogP contribution in [0.5, 0.6) is 0 Å². The van der Waals surface area contributed by atoms with Crippen LogP contribution in [0.25, 0.3) is 0 Å². The number of aliphatic hydroxyl groups is 1. The largest absolute Gasteiger partial charge is 0.389 e. The second-order valence-corrected chi connectivity index (χ2v) is 5.82. The van der Waals surface area contributed by atoms with Crippen LogP contribution < -0.4 is 5.32 Å². The third kappa shape index (κ3) is 4.27. The molecule has 22 heavy (non-hydrogen) atoms. The van der Waals surface area contributed by atoms with E-state index in [1.807, 2.05) is 23.1 Å². The van der Waals surface area contributed by atoms with Crippen molar-refractivity contribution in [1.82, 2.24) is 10.2 Å². The zero-order valence-corrected chi connectivity index (χ0v) is 13.0. The molecule has 0 radical (unpaired) electrons. The molecule has 1 aromatic carbocycles. The fraction of sp³-hybridized carbons (Fsp3) is 0.588. The molecule has 0 bridgehead atoms. The zero-order chi connectivity index (χ0) is 15.9. The number of likely N-dealkylation sites (tertiary alicyclic amines) is 1. The summed E-state index contributed by atoms with van der Waals surface area (Å²) in [4.78, 5) is 13.4. The molecule has 0 saturated carbocycles. The molecular weight excluding hydrogens is 283 g/mol. The molecule has 1 heterocycles. The minimum Gasteiger partial charge on any atom is -0.389 e. The van der Waals surface area contributed by atoms with Crippen molar-refractivity contribution in [1.29, 1.82) is 0 Å². The molecule has 2 rings (SSSR count). The summed E-state index contributed by atoms with van der Waals surface area (Å²) in [7, 11) is 0. The van der Waals surface area contributed by atoms with Gasteiger partial charge >= 0.3 is 0 Å². The lowest BCUT2D eigenvalue weighted by Gasteiger charge is -2.23. The van der Waals surface area contributed by atoms with Gasteiger partial charge in [-0.1, -0.05) is 37.3 Å². The smallest absolute Gasteiger partial charge is 0.220 e. The number of carbonyl (C=O) groups excluding carboxylic acids is 1. The summed E-state index contributed by atoms with van der Waals surface area (Å²) in [6.45, 7) is 2.40. The Hall–Kier alpha value is -1.46. The molecule has 1 amide bonds. The van der Waals surface area contributed by atoms with Crippen LogP contribution in [0.15, 0.2) is 30.3 Å². The monoisotopic (exact) mass is 308 g/mol. The standard InChI is InChI=1S/C17H25FN2O2/c1-2-16(21)19-14-12-20(15(11-18)17(14)22)10-6-9-13-7-4-3-5-8-13/h3-5,7-8,14-15,17,22H,2,6,9-12H2,1H3,(H,19,21)/t14-,15-,17+/m0/s1. The molecule has 1 aromatic rings. The number of aryl methyl sites for hydroxylation is 1. The molecule has 1 saturated heterocycles. The Morgan fingerprint density at radius 1 is 1.41 bits per heavy atom. The number of nitrogens with one attached hydrogen (secondary N) is 1. The lowest BCUT2D eigenvalue weighted by Crippen LogP contribution is -2.44. The number of aliphatic hydroxyl groups excluding tert-OH is 1. The van der Waals surface area contributed by atoms with Gasteiger partial charge in [0.2, 0.25) is 5.91 Å². The number of alkyl halides is 1. The highest BCUT2D eigenvalue weighted by Crippen LogP contribution is 2.20. The van der Waals surface area contributed by atoms with Crippen molar-refractivity contribution in [2.24, 2.45) is 0 Å². The van der Waals surface area contributed by atoms with Crippen LogP contribution in [0, 0.1) is 0 Å². The first kappa shape index (κ1) is 16.9. The van der Waals surface area contributed by atoms with Gasteiger partial charge in [0.25, 0.3) is 0 Å². The Balaban J connectivity index is 1.85. The van der Waals surface area contributed by atoms with Gasteiger partial charge in [-0.15, -0.1) is 0 Å². The van der Waals surface area contributed by atoms with Crippen molar-refractivity contribution < 1.29 is 14.3 Å². The molecule has 1 fully saturated rings. The van der Waals surface area contributed by atoms with E-state index in [1.165, 1.54) is 5.56 Å². The van der Waals surface area contributed by atoms with Gasteiger partial charge in [0.1, 0.15) is 6.67 Å². The number of amides is 1. The van der Waals surface area contributed by atoms with E-state index in [2.05, 4.69) is 17.4 Å². The average molecular weight is 308 g/mol. The van der Waals surface area contributed by atoms with Crippen molar-refractivity contribution in [3.05, 3.63) is 35.9 Å². The molecule has 0 unspecified atom stereocenters. The summed E-state index contributed by atoms with van der Waals surface area (Å²) in [6.07, 6.45) is 1.37. The number of hydrogen-bond acceptors (Lipinski definition) is 3. The van der Waals surface area contributed by atoms with Gasteiger partial charge in [0.15, 0.2) is 0 Å². The molecule has 0 aromatic heterocycles. The molecular formula is C17H25FN2O2. The lowest BCUT2D eigenvalue weighted by atomic mass is 10.1. The van der Waals surface area contributed by atoms with E-state index in [0.29, 0.717) is 13.0 Å². The second kappa shape index (κ2) is 8.25. The summed E-state index contributed by atoms with van der Waals surface area (Å²) < 4.78 is 13.2. The minimum atomic E-state index is -0.836. The Kier molecular flexibility index (Phi) is 6.34. The fourth-order valence-electron chi connectivity index (χ4n) is 3.00. The van der Waals surface area contributed by atoms with E-state index in [-0.39, 0.29) is 11.9 Å². The quantitative estimate of drug-likeness (QED) is 0.803. The third-order valence-electron chi connectivity index (χ3n) is 4.29. The van der Waals surface area contributed by atoms with E-state index in [0.717, 1.165) is 19.4 Å². The highest BCUT2D eigenvalue weighted by molar-refractivity contribution is 5.76. The Bertz CT molecular complexity index is 469. The maximum Gasteiger partial charge on any atom is 0.220 e. The number of halogens is 1. The van der Waals surface area contributed by atoms with Crippen molar-refractivity contribution in [2.45, 2.75) is 44.4 Å². The van der Waals surface area contributed by atoms with Gasteiger partial charge in [-0.2, -0.15) is 0 Å². The first-order valence-electron chi connectivity index (χ1n) is 7.97. The number of carbonyl (C=O) groups is 1. The van der Waals surface area contributed by atoms with E-state index in [9.17, 15) is 14.3 Å². The van der Waals surface area contributed by atoms with E-state index in [4.69, 9.17) is 0 Å². The fourth-order valence-corrected chi connectivity index (χ4v) is 3.00. The zero-order valence-electron chi connectivity index (χ0n) is 13.0. The van der Waals surface area contributed by atoms with E-state index in [1.54, 1.807) is 6.92 Å². The predicted molar refractivity (Wildman–Crippen MR) is 84.3 cm³/mol. The van der Waals surface area contributed by atoms with Gasteiger partial charge in [0.05, 0.1) is 18.2 Å². The molecule has 4 nitrogen and oxygen atoms in total. The molecule has 0 spiro atoms. The van der Waals surface area contributed by atoms with E-state index >= 15 is 0 Å². The molecule has 122 valence electrons. The van der Waals surface area contributed by atoms with Crippen LogP contribution in [0.3, 0.4) is 0 Å². The molecule has 3 atom stereocenters.